The fourth-order valence-corrected chi connectivity index (χ4v) is 3.58. The fourth-order valence-electron chi connectivity index (χ4n) is 3.58. The third kappa shape index (κ3) is 3.85. The van der Waals surface area contributed by atoms with E-state index in [1.807, 2.05) is 20.8 Å². The Hall–Kier alpha value is -2.35. The molecule has 27 heavy (non-hydrogen) atoms. The second-order valence-electron chi connectivity index (χ2n) is 8.28. The molecule has 1 N–H and O–H groups in total. The molecule has 2 aliphatic rings. The Morgan fingerprint density at radius 1 is 1.41 bits per heavy atom. The van der Waals surface area contributed by atoms with Crippen molar-refractivity contribution >= 4 is 12.0 Å². The van der Waals surface area contributed by atoms with Gasteiger partial charge in [0, 0.05) is 44.6 Å². The summed E-state index contributed by atoms with van der Waals surface area (Å²) in [4.78, 5) is 28.6. The maximum absolute atomic E-state index is 13.0. The summed E-state index contributed by atoms with van der Waals surface area (Å²) in [5.41, 5.74) is 1.54. The van der Waals surface area contributed by atoms with E-state index in [1.54, 1.807) is 21.5 Å². The molecule has 148 valence electrons. The third-order valence-electron chi connectivity index (χ3n) is 4.94. The smallest absolute Gasteiger partial charge is 0.410 e. The summed E-state index contributed by atoms with van der Waals surface area (Å²) in [5.74, 6) is -0.324. The van der Waals surface area contributed by atoms with E-state index in [1.165, 1.54) is 6.08 Å². The van der Waals surface area contributed by atoms with Gasteiger partial charge in [0.05, 0.1) is 18.3 Å². The van der Waals surface area contributed by atoms with Crippen molar-refractivity contribution in [1.82, 2.24) is 19.6 Å². The highest BCUT2D eigenvalue weighted by atomic mass is 16.6. The molecule has 2 atom stereocenters. The predicted octanol–water partition coefficient (Wildman–Crippen LogP) is 1.42. The molecular formula is C19H28N4O4. The van der Waals surface area contributed by atoms with Gasteiger partial charge < -0.3 is 19.6 Å². The van der Waals surface area contributed by atoms with Gasteiger partial charge in [0.2, 0.25) is 0 Å². The number of hydrogen-bond acceptors (Lipinski definition) is 5. The van der Waals surface area contributed by atoms with Crippen molar-refractivity contribution in [2.45, 2.75) is 52.0 Å². The first kappa shape index (κ1) is 19.4. The van der Waals surface area contributed by atoms with Crippen LogP contribution in [-0.2, 0) is 24.2 Å². The standard InChI is InChI=1S/C19H28N4O4/c1-6-15(24)12-9-21(5)17(25)16-13-11-22(18(26)27-19(2,3)4)8-7-14(13)20-23(16)10-12/h6,12,15,24H,1,7-11H2,2-5H3/t12-,15+/m1/s1. The second-order valence-corrected chi connectivity index (χ2v) is 8.28. The molecule has 0 fully saturated rings. The molecule has 1 aromatic rings. The molecule has 0 aliphatic carbocycles. The number of carbonyl (C=O) groups excluding carboxylic acids is 2. The molecule has 0 aromatic carbocycles. The second kappa shape index (κ2) is 6.99. The minimum absolute atomic E-state index is 0.145. The van der Waals surface area contributed by atoms with Gasteiger partial charge in [-0.3, -0.25) is 9.48 Å². The van der Waals surface area contributed by atoms with Crippen molar-refractivity contribution in [3.05, 3.63) is 29.6 Å². The van der Waals surface area contributed by atoms with Crippen molar-refractivity contribution in [3.63, 3.8) is 0 Å². The van der Waals surface area contributed by atoms with Gasteiger partial charge in [-0.1, -0.05) is 6.08 Å². The summed E-state index contributed by atoms with van der Waals surface area (Å²) >= 11 is 0. The summed E-state index contributed by atoms with van der Waals surface area (Å²) < 4.78 is 7.16. The van der Waals surface area contributed by atoms with E-state index in [0.29, 0.717) is 38.3 Å². The van der Waals surface area contributed by atoms with Crippen molar-refractivity contribution in [2.75, 3.05) is 20.1 Å². The number of aliphatic hydroxyl groups is 1. The van der Waals surface area contributed by atoms with E-state index < -0.39 is 11.7 Å². The fraction of sp³-hybridized carbons (Fsp3) is 0.632. The molecule has 0 spiro atoms. The summed E-state index contributed by atoms with van der Waals surface area (Å²) in [6.45, 7) is 10.8. The van der Waals surface area contributed by atoms with Gasteiger partial charge in [-0.05, 0) is 20.8 Å². The summed E-state index contributed by atoms with van der Waals surface area (Å²) in [5, 5.41) is 14.8. The Labute approximate surface area is 159 Å². The number of aromatic nitrogens is 2. The van der Waals surface area contributed by atoms with Crippen LogP contribution in [0.4, 0.5) is 4.79 Å². The summed E-state index contributed by atoms with van der Waals surface area (Å²) in [6, 6.07) is 0. The number of carbonyl (C=O) groups is 2. The molecule has 8 heteroatoms. The lowest BCUT2D eigenvalue weighted by molar-refractivity contribution is 0.0222. The van der Waals surface area contributed by atoms with Gasteiger partial charge in [0.25, 0.3) is 5.91 Å². The Balaban J connectivity index is 1.91. The number of nitrogens with zero attached hydrogens (tertiary/aromatic N) is 4. The molecule has 0 saturated carbocycles. The van der Waals surface area contributed by atoms with Crippen LogP contribution in [0.25, 0.3) is 0 Å². The highest BCUT2D eigenvalue weighted by Crippen LogP contribution is 2.28. The molecule has 1 aromatic heterocycles. The zero-order valence-electron chi connectivity index (χ0n) is 16.4. The molecule has 0 saturated heterocycles. The molecular weight excluding hydrogens is 348 g/mol. The largest absolute Gasteiger partial charge is 0.444 e. The Kier molecular flexibility index (Phi) is 5.03. The van der Waals surface area contributed by atoms with Crippen LogP contribution < -0.4 is 0 Å². The molecule has 3 heterocycles. The van der Waals surface area contributed by atoms with E-state index in [2.05, 4.69) is 11.7 Å². The van der Waals surface area contributed by atoms with Crippen LogP contribution in [0.1, 0.15) is 42.5 Å². The summed E-state index contributed by atoms with van der Waals surface area (Å²) in [6.07, 6.45) is 0.954. The number of hydrogen-bond donors (Lipinski definition) is 1. The Bertz CT molecular complexity index is 764. The lowest BCUT2D eigenvalue weighted by Gasteiger charge is -2.30. The first-order chi connectivity index (χ1) is 12.6. The third-order valence-corrected chi connectivity index (χ3v) is 4.94. The van der Waals surface area contributed by atoms with Gasteiger partial charge >= 0.3 is 6.09 Å². The Morgan fingerprint density at radius 3 is 2.74 bits per heavy atom. The highest BCUT2D eigenvalue weighted by molar-refractivity contribution is 5.94. The number of aliphatic hydroxyl groups excluding tert-OH is 1. The van der Waals surface area contributed by atoms with Crippen molar-refractivity contribution in [1.29, 1.82) is 0 Å². The zero-order chi connectivity index (χ0) is 19.9. The number of fused-ring (bicyclic) bond motifs is 3. The van der Waals surface area contributed by atoms with E-state index in [4.69, 9.17) is 4.74 Å². The van der Waals surface area contributed by atoms with Crippen LogP contribution >= 0.6 is 0 Å². The quantitative estimate of drug-likeness (QED) is 0.789. The van der Waals surface area contributed by atoms with Crippen molar-refractivity contribution in [2.24, 2.45) is 5.92 Å². The van der Waals surface area contributed by atoms with Gasteiger partial charge in [0.15, 0.2) is 0 Å². The average molecular weight is 376 g/mol. The predicted molar refractivity (Wildman–Crippen MR) is 99.2 cm³/mol. The molecule has 8 nitrogen and oxygen atoms in total. The van der Waals surface area contributed by atoms with E-state index in [9.17, 15) is 14.7 Å². The highest BCUT2D eigenvalue weighted by Gasteiger charge is 2.36. The van der Waals surface area contributed by atoms with Crippen molar-refractivity contribution in [3.8, 4) is 0 Å². The van der Waals surface area contributed by atoms with Crippen LogP contribution in [0.5, 0.6) is 0 Å². The minimum atomic E-state index is -0.717. The number of amides is 2. The molecule has 0 radical (unpaired) electrons. The maximum atomic E-state index is 13.0. The summed E-state index contributed by atoms with van der Waals surface area (Å²) in [7, 11) is 1.72. The molecule has 2 amide bonds. The van der Waals surface area contributed by atoms with Gasteiger partial charge in [0.1, 0.15) is 11.3 Å². The van der Waals surface area contributed by atoms with Crippen LogP contribution in [0.2, 0.25) is 0 Å². The lowest BCUT2D eigenvalue weighted by atomic mass is 10.0. The zero-order valence-corrected chi connectivity index (χ0v) is 16.4. The van der Waals surface area contributed by atoms with E-state index >= 15 is 0 Å². The Morgan fingerprint density at radius 2 is 2.11 bits per heavy atom. The topological polar surface area (TPSA) is 87.9 Å². The maximum Gasteiger partial charge on any atom is 0.410 e. The number of ether oxygens (including phenoxy) is 1. The van der Waals surface area contributed by atoms with Gasteiger partial charge in [-0.2, -0.15) is 5.10 Å². The van der Waals surface area contributed by atoms with E-state index in [0.717, 1.165) is 11.3 Å². The molecule has 0 bridgehead atoms. The van der Waals surface area contributed by atoms with Crippen LogP contribution in [0.15, 0.2) is 12.7 Å². The van der Waals surface area contributed by atoms with Crippen LogP contribution in [-0.4, -0.2) is 68.5 Å². The van der Waals surface area contributed by atoms with Gasteiger partial charge in [-0.15, -0.1) is 6.58 Å². The van der Waals surface area contributed by atoms with Crippen LogP contribution in [0, 0.1) is 5.92 Å². The average Bonchev–Trinajstić information content (AvgIpc) is 2.89. The van der Waals surface area contributed by atoms with Crippen molar-refractivity contribution < 1.29 is 19.4 Å². The number of rotatable bonds is 2. The minimum Gasteiger partial charge on any atom is -0.444 e. The molecule has 2 aliphatic heterocycles. The van der Waals surface area contributed by atoms with Gasteiger partial charge in [-0.25, -0.2) is 4.79 Å². The monoisotopic (exact) mass is 376 g/mol. The molecule has 0 unspecified atom stereocenters. The van der Waals surface area contributed by atoms with E-state index in [-0.39, 0.29) is 17.9 Å². The normalized spacial score (nSPS) is 21.2. The molecule has 3 rings (SSSR count). The SMILES string of the molecule is C=C[C@H](O)[C@@H]1CN(C)C(=O)c2c3c(nn2C1)CCN(C(=O)OC(C)(C)C)C3. The van der Waals surface area contributed by atoms with Crippen LogP contribution in [0.3, 0.4) is 0 Å². The lowest BCUT2D eigenvalue weighted by Crippen LogP contribution is -2.40. The first-order valence-corrected chi connectivity index (χ1v) is 9.23. The first-order valence-electron chi connectivity index (χ1n) is 9.23.